The standard InChI is InChI=1S/C21H18FN3O3/c22-15-4-2-13(3-5-15)17-10-18-14(11-23-21(18)26)8-19(17)28-12-16-9-20-25(24-16)6-1-7-27-20/h2-5,8-10H,1,6-7,11-12H2,(H,23,26). The Kier molecular flexibility index (Phi) is 4.00. The molecule has 0 spiro atoms. The van der Waals surface area contributed by atoms with Crippen LogP contribution in [0.3, 0.4) is 0 Å². The number of nitrogens with one attached hydrogen (secondary N) is 1. The number of carbonyl (C=O) groups is 1. The number of carbonyl (C=O) groups excluding carboxylic acids is 1. The number of aromatic nitrogens is 2. The summed E-state index contributed by atoms with van der Waals surface area (Å²) in [7, 11) is 0. The lowest BCUT2D eigenvalue weighted by molar-refractivity contribution is 0.0966. The molecule has 0 saturated carbocycles. The molecule has 1 aromatic heterocycles. The van der Waals surface area contributed by atoms with E-state index in [-0.39, 0.29) is 18.3 Å². The first kappa shape index (κ1) is 16.8. The van der Waals surface area contributed by atoms with Gasteiger partial charge < -0.3 is 14.8 Å². The van der Waals surface area contributed by atoms with Crippen molar-refractivity contribution in [3.05, 3.63) is 65.1 Å². The fraction of sp³-hybridized carbons (Fsp3) is 0.238. The quantitative estimate of drug-likeness (QED) is 0.756. The van der Waals surface area contributed by atoms with Crippen LogP contribution in [0.1, 0.15) is 28.0 Å². The molecule has 3 aromatic rings. The molecule has 7 heteroatoms. The minimum Gasteiger partial charge on any atom is -0.487 e. The van der Waals surface area contributed by atoms with Gasteiger partial charge in [0.1, 0.15) is 23.9 Å². The van der Waals surface area contributed by atoms with Crippen molar-refractivity contribution in [2.24, 2.45) is 0 Å². The number of ether oxygens (including phenoxy) is 2. The van der Waals surface area contributed by atoms with Gasteiger partial charge >= 0.3 is 0 Å². The van der Waals surface area contributed by atoms with Crippen LogP contribution in [0.5, 0.6) is 11.6 Å². The Morgan fingerprint density at radius 1 is 1.18 bits per heavy atom. The number of halogens is 1. The molecule has 28 heavy (non-hydrogen) atoms. The fourth-order valence-corrected chi connectivity index (χ4v) is 3.56. The largest absolute Gasteiger partial charge is 0.487 e. The molecule has 0 saturated heterocycles. The lowest BCUT2D eigenvalue weighted by atomic mass is 9.99. The van der Waals surface area contributed by atoms with E-state index in [1.807, 2.05) is 22.9 Å². The normalized spacial score (nSPS) is 14.8. The molecule has 1 amide bonds. The first-order valence-corrected chi connectivity index (χ1v) is 9.21. The first-order valence-electron chi connectivity index (χ1n) is 9.21. The van der Waals surface area contributed by atoms with Crippen LogP contribution in [0.2, 0.25) is 0 Å². The highest BCUT2D eigenvalue weighted by atomic mass is 19.1. The number of nitrogens with zero attached hydrogens (tertiary/aromatic N) is 2. The molecular formula is C21H18FN3O3. The molecule has 2 aliphatic heterocycles. The molecule has 142 valence electrons. The lowest BCUT2D eigenvalue weighted by Crippen LogP contribution is -2.14. The van der Waals surface area contributed by atoms with Crippen LogP contribution >= 0.6 is 0 Å². The van der Waals surface area contributed by atoms with Gasteiger partial charge in [0, 0.05) is 36.7 Å². The molecule has 0 aliphatic carbocycles. The third-order valence-electron chi connectivity index (χ3n) is 4.98. The van der Waals surface area contributed by atoms with E-state index in [1.54, 1.807) is 12.1 Å². The molecule has 0 unspecified atom stereocenters. The number of rotatable bonds is 4. The molecule has 0 radical (unpaired) electrons. The summed E-state index contributed by atoms with van der Waals surface area (Å²) in [5.74, 6) is 0.971. The third-order valence-corrected chi connectivity index (χ3v) is 4.98. The van der Waals surface area contributed by atoms with Gasteiger partial charge in [0.05, 0.1) is 6.61 Å². The molecule has 6 nitrogen and oxygen atoms in total. The summed E-state index contributed by atoms with van der Waals surface area (Å²) >= 11 is 0. The van der Waals surface area contributed by atoms with Crippen molar-refractivity contribution in [3.63, 3.8) is 0 Å². The number of hydrogen-bond acceptors (Lipinski definition) is 4. The summed E-state index contributed by atoms with van der Waals surface area (Å²) in [5.41, 5.74) is 3.81. The number of amides is 1. The van der Waals surface area contributed by atoms with Gasteiger partial charge in [-0.3, -0.25) is 4.79 Å². The van der Waals surface area contributed by atoms with Crippen LogP contribution in [-0.4, -0.2) is 22.3 Å². The van der Waals surface area contributed by atoms with E-state index in [2.05, 4.69) is 10.4 Å². The summed E-state index contributed by atoms with van der Waals surface area (Å²) in [6.45, 7) is 2.29. The maximum atomic E-state index is 13.3. The van der Waals surface area contributed by atoms with E-state index in [0.29, 0.717) is 24.5 Å². The van der Waals surface area contributed by atoms with Crippen LogP contribution in [0.4, 0.5) is 4.39 Å². The molecular weight excluding hydrogens is 361 g/mol. The highest BCUT2D eigenvalue weighted by Crippen LogP contribution is 2.35. The zero-order valence-electron chi connectivity index (χ0n) is 15.1. The van der Waals surface area contributed by atoms with Gasteiger partial charge in [-0.2, -0.15) is 5.10 Å². The molecule has 5 rings (SSSR count). The van der Waals surface area contributed by atoms with E-state index in [1.165, 1.54) is 12.1 Å². The first-order chi connectivity index (χ1) is 13.7. The average molecular weight is 379 g/mol. The Morgan fingerprint density at radius 2 is 2.04 bits per heavy atom. The van der Waals surface area contributed by atoms with Gasteiger partial charge in [-0.05, 0) is 35.4 Å². The minimum absolute atomic E-state index is 0.108. The van der Waals surface area contributed by atoms with Gasteiger partial charge in [-0.1, -0.05) is 12.1 Å². The van der Waals surface area contributed by atoms with Crippen LogP contribution < -0.4 is 14.8 Å². The maximum Gasteiger partial charge on any atom is 0.251 e. The van der Waals surface area contributed by atoms with Gasteiger partial charge in [0.15, 0.2) is 0 Å². The molecule has 2 aliphatic rings. The zero-order chi connectivity index (χ0) is 19.1. The van der Waals surface area contributed by atoms with Crippen molar-refractivity contribution in [1.82, 2.24) is 15.1 Å². The number of hydrogen-bond donors (Lipinski definition) is 1. The van der Waals surface area contributed by atoms with Crippen molar-refractivity contribution < 1.29 is 18.7 Å². The second-order valence-electron chi connectivity index (χ2n) is 6.88. The van der Waals surface area contributed by atoms with E-state index < -0.39 is 0 Å². The Morgan fingerprint density at radius 3 is 2.86 bits per heavy atom. The van der Waals surface area contributed by atoms with Crippen molar-refractivity contribution in [2.75, 3.05) is 6.61 Å². The van der Waals surface area contributed by atoms with Crippen molar-refractivity contribution in [1.29, 1.82) is 0 Å². The van der Waals surface area contributed by atoms with Crippen LogP contribution in [0.25, 0.3) is 11.1 Å². The van der Waals surface area contributed by atoms with Crippen LogP contribution in [0, 0.1) is 5.82 Å². The van der Waals surface area contributed by atoms with E-state index in [9.17, 15) is 9.18 Å². The Labute approximate surface area is 160 Å². The third kappa shape index (κ3) is 2.98. The van der Waals surface area contributed by atoms with Gasteiger partial charge in [0.25, 0.3) is 5.91 Å². The van der Waals surface area contributed by atoms with E-state index in [4.69, 9.17) is 9.47 Å². The predicted molar refractivity (Wildman–Crippen MR) is 99.7 cm³/mol. The molecule has 3 heterocycles. The molecule has 2 aromatic carbocycles. The van der Waals surface area contributed by atoms with Gasteiger partial charge in [-0.25, -0.2) is 9.07 Å². The number of aryl methyl sites for hydroxylation is 1. The smallest absolute Gasteiger partial charge is 0.251 e. The summed E-state index contributed by atoms with van der Waals surface area (Å²) in [6.07, 6.45) is 0.940. The summed E-state index contributed by atoms with van der Waals surface area (Å²) in [4.78, 5) is 12.1. The fourth-order valence-electron chi connectivity index (χ4n) is 3.56. The second-order valence-corrected chi connectivity index (χ2v) is 6.88. The van der Waals surface area contributed by atoms with Gasteiger partial charge in [-0.15, -0.1) is 0 Å². The maximum absolute atomic E-state index is 13.3. The molecule has 1 N–H and O–H groups in total. The zero-order valence-corrected chi connectivity index (χ0v) is 15.1. The number of fused-ring (bicyclic) bond motifs is 2. The highest BCUT2D eigenvalue weighted by molar-refractivity contribution is 6.00. The van der Waals surface area contributed by atoms with E-state index in [0.717, 1.165) is 41.2 Å². The predicted octanol–water partition coefficient (Wildman–Crippen LogP) is 3.29. The molecule has 0 bridgehead atoms. The topological polar surface area (TPSA) is 65.4 Å². The van der Waals surface area contributed by atoms with E-state index >= 15 is 0 Å². The van der Waals surface area contributed by atoms with Crippen LogP contribution in [0.15, 0.2) is 42.5 Å². The van der Waals surface area contributed by atoms with Crippen molar-refractivity contribution >= 4 is 5.91 Å². The Hall–Kier alpha value is -3.35. The van der Waals surface area contributed by atoms with Gasteiger partial charge in [0.2, 0.25) is 5.88 Å². The lowest BCUT2D eigenvalue weighted by Gasteiger charge is -2.13. The SMILES string of the molecule is O=C1NCc2cc(OCc3cc4n(n3)CCCO4)c(-c3ccc(F)cc3)cc21. The second kappa shape index (κ2) is 6.67. The number of benzene rings is 2. The summed E-state index contributed by atoms with van der Waals surface area (Å²) in [6, 6.07) is 11.7. The average Bonchev–Trinajstić information content (AvgIpc) is 3.29. The molecule has 0 fully saturated rings. The summed E-state index contributed by atoms with van der Waals surface area (Å²) < 4.78 is 26.9. The Bertz CT molecular complexity index is 1040. The highest BCUT2D eigenvalue weighted by Gasteiger charge is 2.23. The minimum atomic E-state index is -0.311. The Balaban J connectivity index is 1.48. The molecule has 0 atom stereocenters. The van der Waals surface area contributed by atoms with Crippen molar-refractivity contribution in [2.45, 2.75) is 26.1 Å². The van der Waals surface area contributed by atoms with Crippen molar-refractivity contribution in [3.8, 4) is 22.8 Å². The monoisotopic (exact) mass is 379 g/mol. The summed E-state index contributed by atoms with van der Waals surface area (Å²) in [5, 5.41) is 7.34. The van der Waals surface area contributed by atoms with Crippen LogP contribution in [-0.2, 0) is 19.7 Å².